The van der Waals surface area contributed by atoms with E-state index in [1.807, 2.05) is 0 Å². The minimum atomic E-state index is -5.27. The number of hydrogen-bond donors (Lipinski definition) is 4. The molecule has 0 aliphatic carbocycles. The maximum absolute atomic E-state index is 14.7. The third kappa shape index (κ3) is 3.00. The summed E-state index contributed by atoms with van der Waals surface area (Å²) >= 11 is 0. The lowest BCUT2D eigenvalue weighted by molar-refractivity contribution is -0.192. The normalized spacial score (nSPS) is 20.8. The molecule has 1 aliphatic heterocycles. The molecule has 0 aromatic heterocycles. The maximum atomic E-state index is 14.7. The van der Waals surface area contributed by atoms with E-state index >= 15 is 0 Å². The molecule has 10 heteroatoms. The average Bonchev–Trinajstić information content (AvgIpc) is 3.00. The zero-order valence-electron chi connectivity index (χ0n) is 14.0. The van der Waals surface area contributed by atoms with Gasteiger partial charge in [-0.05, 0) is 23.3 Å². The number of aliphatic hydroxyl groups excluding tert-OH is 1. The Kier molecular flexibility index (Phi) is 4.86. The first-order chi connectivity index (χ1) is 13.1. The molecule has 0 bridgehead atoms. The average molecular weight is 399 g/mol. The van der Waals surface area contributed by atoms with Gasteiger partial charge in [-0.3, -0.25) is 4.79 Å². The molecule has 0 saturated heterocycles. The number of carbonyl (C=O) groups is 1. The fraction of sp³-hybridized carbons (Fsp3) is 0.167. The van der Waals surface area contributed by atoms with Gasteiger partial charge in [-0.2, -0.15) is 13.2 Å². The Morgan fingerprint density at radius 1 is 1.11 bits per heavy atom. The van der Waals surface area contributed by atoms with E-state index in [1.54, 1.807) is 29.1 Å². The number of amides is 1. The van der Waals surface area contributed by atoms with Crippen LogP contribution in [-0.2, 0) is 10.3 Å². The summed E-state index contributed by atoms with van der Waals surface area (Å²) in [5.41, 5.74) is 2.81. The number of rotatable bonds is 4. The highest BCUT2D eigenvalue weighted by molar-refractivity contribution is 5.92. The van der Waals surface area contributed by atoms with Gasteiger partial charge in [0, 0.05) is 5.56 Å². The van der Waals surface area contributed by atoms with Crippen molar-refractivity contribution in [1.29, 1.82) is 0 Å². The molecular formula is C18H14F5N3O2. The second-order valence-electron chi connectivity index (χ2n) is 6.10. The van der Waals surface area contributed by atoms with Crippen LogP contribution < -0.4 is 16.6 Å². The lowest BCUT2D eigenvalue weighted by Gasteiger charge is -2.31. The molecule has 28 heavy (non-hydrogen) atoms. The summed E-state index contributed by atoms with van der Waals surface area (Å²) < 4.78 is 70.5. The van der Waals surface area contributed by atoms with Gasteiger partial charge in [0.15, 0.2) is 5.83 Å². The summed E-state index contributed by atoms with van der Waals surface area (Å²) in [6.45, 7) is 0. The summed E-state index contributed by atoms with van der Waals surface area (Å²) in [7, 11) is 0. The number of aliphatic hydroxyl groups is 1. The van der Waals surface area contributed by atoms with Crippen LogP contribution >= 0.6 is 0 Å². The van der Waals surface area contributed by atoms with E-state index in [9.17, 15) is 31.9 Å². The van der Waals surface area contributed by atoms with E-state index in [0.717, 1.165) is 0 Å². The Morgan fingerprint density at radius 3 is 2.29 bits per heavy atom. The van der Waals surface area contributed by atoms with Crippen molar-refractivity contribution in [1.82, 2.24) is 10.9 Å². The molecule has 5 N–H and O–H groups in total. The highest BCUT2D eigenvalue weighted by Crippen LogP contribution is 2.48. The number of alkyl halides is 3. The molecule has 5 nitrogen and oxygen atoms in total. The van der Waals surface area contributed by atoms with Gasteiger partial charge in [-0.1, -0.05) is 36.4 Å². The molecule has 2 aromatic carbocycles. The van der Waals surface area contributed by atoms with Crippen molar-refractivity contribution < 1.29 is 31.9 Å². The van der Waals surface area contributed by atoms with Crippen molar-refractivity contribution in [3.63, 3.8) is 0 Å². The number of hydrazine groups is 1. The topological polar surface area (TPSA) is 87.4 Å². The fourth-order valence-corrected chi connectivity index (χ4v) is 2.98. The summed E-state index contributed by atoms with van der Waals surface area (Å²) in [6.07, 6.45) is -6.86. The predicted octanol–water partition coefficient (Wildman–Crippen LogP) is 2.44. The van der Waals surface area contributed by atoms with E-state index in [4.69, 9.17) is 5.73 Å². The first-order valence-corrected chi connectivity index (χ1v) is 7.92. The third-order valence-electron chi connectivity index (χ3n) is 4.43. The number of benzene rings is 2. The molecule has 1 amide bonds. The van der Waals surface area contributed by atoms with Crippen LogP contribution in [-0.4, -0.2) is 17.2 Å². The molecule has 0 saturated carbocycles. The van der Waals surface area contributed by atoms with Crippen molar-refractivity contribution in [3.8, 4) is 0 Å². The first-order valence-electron chi connectivity index (χ1n) is 7.92. The van der Waals surface area contributed by atoms with E-state index < -0.39 is 52.2 Å². The molecule has 2 atom stereocenters. The van der Waals surface area contributed by atoms with Crippen LogP contribution in [0, 0.1) is 5.82 Å². The van der Waals surface area contributed by atoms with Crippen molar-refractivity contribution in [2.45, 2.75) is 17.8 Å². The molecule has 0 spiro atoms. The van der Waals surface area contributed by atoms with Crippen molar-refractivity contribution >= 4 is 5.91 Å². The molecule has 2 unspecified atom stereocenters. The van der Waals surface area contributed by atoms with E-state index in [0.29, 0.717) is 18.2 Å². The van der Waals surface area contributed by atoms with Crippen LogP contribution in [0.15, 0.2) is 60.1 Å². The molecule has 2 aromatic rings. The maximum Gasteiger partial charge on any atom is 0.419 e. The van der Waals surface area contributed by atoms with Gasteiger partial charge in [0.1, 0.15) is 17.6 Å². The fourth-order valence-electron chi connectivity index (χ4n) is 2.98. The largest absolute Gasteiger partial charge is 0.419 e. The molecule has 1 heterocycles. The SMILES string of the molecule is NC(=O)C1=C(F)C(c2ccc(F)c(C(O)c3ccccc3)c2)(C(F)(F)F)NN1. The Bertz CT molecular complexity index is 946. The molecule has 0 radical (unpaired) electrons. The Hall–Kier alpha value is -2.98. The highest BCUT2D eigenvalue weighted by atomic mass is 19.4. The number of halogens is 5. The lowest BCUT2D eigenvalue weighted by Crippen LogP contribution is -2.54. The Morgan fingerprint density at radius 2 is 1.75 bits per heavy atom. The van der Waals surface area contributed by atoms with Crippen LogP contribution in [0.5, 0.6) is 0 Å². The van der Waals surface area contributed by atoms with Crippen molar-refractivity contribution in [2.24, 2.45) is 5.73 Å². The third-order valence-corrected chi connectivity index (χ3v) is 4.43. The van der Waals surface area contributed by atoms with E-state index in [1.165, 1.54) is 12.1 Å². The van der Waals surface area contributed by atoms with Gasteiger partial charge in [0.2, 0.25) is 5.54 Å². The van der Waals surface area contributed by atoms with Crippen LogP contribution in [0.3, 0.4) is 0 Å². The zero-order chi connectivity index (χ0) is 20.7. The van der Waals surface area contributed by atoms with Crippen LogP contribution in [0.2, 0.25) is 0 Å². The minimum Gasteiger partial charge on any atom is -0.384 e. The standard InChI is InChI=1S/C18H14F5N3O2/c19-12-7-6-10(8-11(12)14(27)9-4-2-1-3-5-9)17(18(21,22)23)15(20)13(16(24)28)25-26-17/h1-8,14,25-27H,(H2,24,28). The van der Waals surface area contributed by atoms with Crippen molar-refractivity contribution in [3.05, 3.63) is 82.6 Å². The second kappa shape index (κ2) is 6.88. The summed E-state index contributed by atoms with van der Waals surface area (Å²) in [5, 5.41) is 10.4. The lowest BCUT2D eigenvalue weighted by atomic mass is 9.86. The van der Waals surface area contributed by atoms with Gasteiger partial charge in [-0.25, -0.2) is 14.2 Å². The number of hydrogen-bond acceptors (Lipinski definition) is 4. The number of primary amides is 1. The summed E-state index contributed by atoms with van der Waals surface area (Å²) in [5.74, 6) is -4.33. The van der Waals surface area contributed by atoms with Crippen LogP contribution in [0.1, 0.15) is 22.8 Å². The van der Waals surface area contributed by atoms with Gasteiger partial charge in [0.25, 0.3) is 5.91 Å². The van der Waals surface area contributed by atoms with Gasteiger partial charge in [-0.15, -0.1) is 0 Å². The first kappa shape index (κ1) is 19.8. The molecule has 1 aliphatic rings. The van der Waals surface area contributed by atoms with Gasteiger partial charge in [0.05, 0.1) is 0 Å². The van der Waals surface area contributed by atoms with Gasteiger partial charge >= 0.3 is 6.18 Å². The Balaban J connectivity index is 2.18. The van der Waals surface area contributed by atoms with Crippen LogP contribution in [0.4, 0.5) is 22.0 Å². The smallest absolute Gasteiger partial charge is 0.384 e. The number of carbonyl (C=O) groups excluding carboxylic acids is 1. The summed E-state index contributed by atoms with van der Waals surface area (Å²) in [4.78, 5) is 11.2. The number of nitrogens with one attached hydrogen (secondary N) is 2. The molecule has 3 rings (SSSR count). The Labute approximate surface area is 155 Å². The van der Waals surface area contributed by atoms with E-state index in [2.05, 4.69) is 0 Å². The number of nitrogens with two attached hydrogens (primary N) is 1. The van der Waals surface area contributed by atoms with Crippen LogP contribution in [0.25, 0.3) is 0 Å². The van der Waals surface area contributed by atoms with E-state index in [-0.39, 0.29) is 5.56 Å². The second-order valence-corrected chi connectivity index (χ2v) is 6.10. The van der Waals surface area contributed by atoms with Gasteiger partial charge < -0.3 is 16.3 Å². The molecular weight excluding hydrogens is 385 g/mol. The molecule has 148 valence electrons. The monoisotopic (exact) mass is 399 g/mol. The minimum absolute atomic E-state index is 0.228. The van der Waals surface area contributed by atoms with Crippen molar-refractivity contribution in [2.75, 3.05) is 0 Å². The highest BCUT2D eigenvalue weighted by Gasteiger charge is 2.63. The quantitative estimate of drug-likeness (QED) is 0.595. The zero-order valence-corrected chi connectivity index (χ0v) is 14.0. The molecule has 0 fully saturated rings. The summed E-state index contributed by atoms with van der Waals surface area (Å²) in [6, 6.07) is 9.75. The predicted molar refractivity (Wildman–Crippen MR) is 88.2 cm³/mol.